The molecule has 30 heavy (non-hydrogen) atoms. The van der Waals surface area contributed by atoms with Crippen molar-refractivity contribution in [2.45, 2.75) is 20.4 Å². The summed E-state index contributed by atoms with van der Waals surface area (Å²) < 4.78 is 14.7. The summed E-state index contributed by atoms with van der Waals surface area (Å²) in [7, 11) is 3.40. The summed E-state index contributed by atoms with van der Waals surface area (Å²) in [5.41, 5.74) is 2.12. The first-order chi connectivity index (χ1) is 14.3. The maximum Gasteiger partial charge on any atom is 0.293 e. The van der Waals surface area contributed by atoms with Crippen LogP contribution in [0.2, 0.25) is 0 Å². The molecule has 0 saturated carbocycles. The van der Waals surface area contributed by atoms with Crippen molar-refractivity contribution in [2.75, 3.05) is 20.6 Å². The third-order valence-electron chi connectivity index (χ3n) is 4.68. The highest BCUT2D eigenvalue weighted by Crippen LogP contribution is 2.14. The van der Waals surface area contributed by atoms with Crippen LogP contribution >= 0.6 is 0 Å². The van der Waals surface area contributed by atoms with Crippen molar-refractivity contribution < 1.29 is 14.0 Å². The number of nitrogens with zero attached hydrogens (tertiary/aromatic N) is 5. The third-order valence-corrected chi connectivity index (χ3v) is 4.68. The van der Waals surface area contributed by atoms with E-state index in [0.717, 1.165) is 5.56 Å². The largest absolute Gasteiger partial charge is 0.345 e. The Morgan fingerprint density at radius 3 is 2.20 bits per heavy atom. The van der Waals surface area contributed by atoms with Gasteiger partial charge in [-0.2, -0.15) is 0 Å². The molecule has 0 bridgehead atoms. The van der Waals surface area contributed by atoms with Gasteiger partial charge in [0.2, 0.25) is 5.82 Å². The minimum Gasteiger partial charge on any atom is -0.345 e. The van der Waals surface area contributed by atoms with Crippen molar-refractivity contribution in [3.05, 3.63) is 77.1 Å². The second-order valence-electron chi connectivity index (χ2n) is 7.09. The predicted molar refractivity (Wildman–Crippen MR) is 111 cm³/mol. The predicted octanol–water partition coefficient (Wildman–Crippen LogP) is 3.08. The number of aryl methyl sites for hydroxylation is 1. The number of carbonyl (C=O) groups excluding carboxylic acids is 2. The van der Waals surface area contributed by atoms with Gasteiger partial charge >= 0.3 is 0 Å². The minimum absolute atomic E-state index is 0.0732. The molecule has 3 aromatic rings. The lowest BCUT2D eigenvalue weighted by Gasteiger charge is -2.19. The number of benzene rings is 2. The number of hydrogen-bond acceptors (Lipinski definition) is 4. The van der Waals surface area contributed by atoms with Gasteiger partial charge in [-0.05, 0) is 55.8 Å². The fourth-order valence-corrected chi connectivity index (χ4v) is 3.01. The lowest BCUT2D eigenvalue weighted by molar-refractivity contribution is 0.0739. The highest BCUT2D eigenvalue weighted by atomic mass is 19.1. The van der Waals surface area contributed by atoms with E-state index in [9.17, 15) is 14.0 Å². The normalized spacial score (nSPS) is 10.7. The lowest BCUT2D eigenvalue weighted by atomic mass is 10.1. The van der Waals surface area contributed by atoms with Crippen molar-refractivity contribution in [1.82, 2.24) is 24.6 Å². The van der Waals surface area contributed by atoms with Crippen molar-refractivity contribution in [3.8, 4) is 5.69 Å². The van der Waals surface area contributed by atoms with Gasteiger partial charge in [-0.3, -0.25) is 9.59 Å². The van der Waals surface area contributed by atoms with Crippen LogP contribution in [-0.4, -0.2) is 57.0 Å². The number of amides is 2. The van der Waals surface area contributed by atoms with Gasteiger partial charge in [0.05, 0.1) is 5.69 Å². The smallest absolute Gasteiger partial charge is 0.293 e. The van der Waals surface area contributed by atoms with Crippen LogP contribution in [0.1, 0.15) is 39.3 Å². The summed E-state index contributed by atoms with van der Waals surface area (Å²) in [6, 6.07) is 13.0. The third kappa shape index (κ3) is 4.53. The number of aromatic nitrogens is 3. The Balaban J connectivity index is 1.77. The molecule has 0 radical (unpaired) electrons. The number of carbonyl (C=O) groups is 2. The van der Waals surface area contributed by atoms with Crippen LogP contribution in [-0.2, 0) is 6.54 Å². The van der Waals surface area contributed by atoms with E-state index in [4.69, 9.17) is 0 Å². The standard InChI is InChI=1S/C22H24FN5O2/c1-5-27(14-16-6-8-17(9-7-16)21(29)26(3)4)22(30)20-24-15(2)28(25-20)19-12-10-18(23)11-13-19/h6-13H,5,14H2,1-4H3. The highest BCUT2D eigenvalue weighted by molar-refractivity contribution is 5.94. The van der Waals surface area contributed by atoms with E-state index in [0.29, 0.717) is 30.2 Å². The van der Waals surface area contributed by atoms with Crippen molar-refractivity contribution >= 4 is 11.8 Å². The summed E-state index contributed by atoms with van der Waals surface area (Å²) >= 11 is 0. The quantitative estimate of drug-likeness (QED) is 0.627. The van der Waals surface area contributed by atoms with Crippen LogP contribution in [0.5, 0.6) is 0 Å². The molecule has 1 heterocycles. The van der Waals surface area contributed by atoms with Crippen LogP contribution in [0, 0.1) is 12.7 Å². The fourth-order valence-electron chi connectivity index (χ4n) is 3.01. The Hall–Kier alpha value is -3.55. The van der Waals surface area contributed by atoms with E-state index in [1.54, 1.807) is 50.2 Å². The number of rotatable bonds is 6. The van der Waals surface area contributed by atoms with Gasteiger partial charge in [-0.15, -0.1) is 5.10 Å². The van der Waals surface area contributed by atoms with Gasteiger partial charge < -0.3 is 9.80 Å². The Labute approximate surface area is 174 Å². The first-order valence-electron chi connectivity index (χ1n) is 9.59. The molecule has 0 unspecified atom stereocenters. The Morgan fingerprint density at radius 2 is 1.63 bits per heavy atom. The minimum atomic E-state index is -0.344. The molecular formula is C22H24FN5O2. The highest BCUT2D eigenvalue weighted by Gasteiger charge is 2.21. The zero-order valence-electron chi connectivity index (χ0n) is 17.5. The number of halogens is 1. The zero-order valence-corrected chi connectivity index (χ0v) is 17.5. The fraction of sp³-hybridized carbons (Fsp3) is 0.273. The molecule has 0 N–H and O–H groups in total. The van der Waals surface area contributed by atoms with E-state index in [-0.39, 0.29) is 23.5 Å². The van der Waals surface area contributed by atoms with Crippen LogP contribution in [0.25, 0.3) is 5.69 Å². The molecule has 7 nitrogen and oxygen atoms in total. The van der Waals surface area contributed by atoms with Crippen LogP contribution in [0.3, 0.4) is 0 Å². The first-order valence-corrected chi connectivity index (χ1v) is 9.59. The Morgan fingerprint density at radius 1 is 1.00 bits per heavy atom. The molecule has 0 aliphatic heterocycles. The molecule has 1 aromatic heterocycles. The average Bonchev–Trinajstić information content (AvgIpc) is 3.13. The first kappa shape index (κ1) is 21.2. The molecule has 0 saturated heterocycles. The molecule has 0 atom stereocenters. The molecular weight excluding hydrogens is 385 g/mol. The van der Waals surface area contributed by atoms with Gasteiger partial charge in [-0.25, -0.2) is 14.1 Å². The van der Waals surface area contributed by atoms with Crippen molar-refractivity contribution in [3.63, 3.8) is 0 Å². The monoisotopic (exact) mass is 409 g/mol. The van der Waals surface area contributed by atoms with Crippen LogP contribution in [0.15, 0.2) is 48.5 Å². The second kappa shape index (κ2) is 8.86. The van der Waals surface area contributed by atoms with Crippen LogP contribution < -0.4 is 0 Å². The van der Waals surface area contributed by atoms with Crippen molar-refractivity contribution in [1.29, 1.82) is 0 Å². The molecule has 0 aliphatic rings. The molecule has 0 spiro atoms. The topological polar surface area (TPSA) is 71.3 Å². The molecule has 2 aromatic carbocycles. The lowest BCUT2D eigenvalue weighted by Crippen LogP contribution is -2.31. The van der Waals surface area contributed by atoms with E-state index in [2.05, 4.69) is 10.1 Å². The van der Waals surface area contributed by atoms with E-state index < -0.39 is 0 Å². The second-order valence-corrected chi connectivity index (χ2v) is 7.09. The summed E-state index contributed by atoms with van der Waals surface area (Å²) in [4.78, 5) is 32.4. The van der Waals surface area contributed by atoms with Gasteiger partial charge in [0.25, 0.3) is 11.8 Å². The molecule has 0 aliphatic carbocycles. The van der Waals surface area contributed by atoms with E-state index >= 15 is 0 Å². The maximum atomic E-state index is 13.2. The summed E-state index contributed by atoms with van der Waals surface area (Å²) in [6.07, 6.45) is 0. The SMILES string of the molecule is CCN(Cc1ccc(C(=O)N(C)C)cc1)C(=O)c1nc(C)n(-c2ccc(F)cc2)n1. The van der Waals surface area contributed by atoms with Crippen LogP contribution in [0.4, 0.5) is 4.39 Å². The van der Waals surface area contributed by atoms with Gasteiger partial charge in [0, 0.05) is 32.7 Å². The maximum absolute atomic E-state index is 13.2. The summed E-state index contributed by atoms with van der Waals surface area (Å²) in [5.74, 6) is -0.0974. The molecule has 156 valence electrons. The number of hydrogen-bond donors (Lipinski definition) is 0. The molecule has 8 heteroatoms. The van der Waals surface area contributed by atoms with E-state index in [1.807, 2.05) is 19.1 Å². The van der Waals surface area contributed by atoms with Gasteiger partial charge in [0.1, 0.15) is 11.6 Å². The molecule has 0 fully saturated rings. The Kier molecular flexibility index (Phi) is 6.25. The summed E-state index contributed by atoms with van der Waals surface area (Å²) in [6.45, 7) is 4.47. The average molecular weight is 409 g/mol. The molecule has 2 amide bonds. The van der Waals surface area contributed by atoms with E-state index in [1.165, 1.54) is 21.7 Å². The van der Waals surface area contributed by atoms with Gasteiger partial charge in [0.15, 0.2) is 0 Å². The molecule has 3 rings (SSSR count). The zero-order chi connectivity index (χ0) is 21.8. The van der Waals surface area contributed by atoms with Crippen molar-refractivity contribution in [2.24, 2.45) is 0 Å². The Bertz CT molecular complexity index is 1040. The summed E-state index contributed by atoms with van der Waals surface area (Å²) in [5, 5.41) is 4.32. The van der Waals surface area contributed by atoms with Gasteiger partial charge in [-0.1, -0.05) is 12.1 Å².